The Balaban J connectivity index is 2.31. The van der Waals surface area contributed by atoms with Crippen molar-refractivity contribution in [1.82, 2.24) is 0 Å². The predicted octanol–water partition coefficient (Wildman–Crippen LogP) is 3.44. The van der Waals surface area contributed by atoms with Crippen LogP contribution in [-0.2, 0) is 0 Å². The van der Waals surface area contributed by atoms with E-state index in [4.69, 9.17) is 4.74 Å². The third-order valence-corrected chi connectivity index (χ3v) is 2.46. The molecule has 0 heterocycles. The zero-order valence-electron chi connectivity index (χ0n) is 7.31. The second-order valence-electron chi connectivity index (χ2n) is 3.35. The molecule has 0 aromatic heterocycles. The van der Waals surface area contributed by atoms with Gasteiger partial charge < -0.3 is 4.74 Å². The molecule has 3 heteroatoms. The number of benzene rings is 1. The molecule has 1 aromatic rings. The van der Waals surface area contributed by atoms with Crippen molar-refractivity contribution >= 4 is 15.9 Å². The third kappa shape index (κ3) is 2.02. The van der Waals surface area contributed by atoms with Gasteiger partial charge in [0.1, 0.15) is 0 Å². The van der Waals surface area contributed by atoms with Crippen molar-refractivity contribution in [2.45, 2.75) is 25.9 Å². The molecule has 2 rings (SSSR count). The van der Waals surface area contributed by atoms with Gasteiger partial charge in [0.25, 0.3) is 0 Å². The second kappa shape index (κ2) is 3.29. The highest BCUT2D eigenvalue weighted by Gasteiger charge is 2.25. The molecule has 0 aliphatic heterocycles. The molecule has 13 heavy (non-hydrogen) atoms. The minimum atomic E-state index is -0.279. The van der Waals surface area contributed by atoms with E-state index in [0.29, 0.717) is 5.75 Å². The zero-order chi connectivity index (χ0) is 9.42. The monoisotopic (exact) mass is 244 g/mol. The van der Waals surface area contributed by atoms with Crippen molar-refractivity contribution in [3.05, 3.63) is 28.0 Å². The van der Waals surface area contributed by atoms with Crippen LogP contribution in [0.25, 0.3) is 0 Å². The van der Waals surface area contributed by atoms with Crippen LogP contribution in [0.15, 0.2) is 16.6 Å². The summed E-state index contributed by atoms with van der Waals surface area (Å²) in [5, 5.41) is 0. The molecule has 0 atom stereocenters. The number of ether oxygens (including phenoxy) is 1. The number of halogens is 2. The van der Waals surface area contributed by atoms with Crippen molar-refractivity contribution in [2.75, 3.05) is 0 Å². The molecule has 1 aliphatic rings. The van der Waals surface area contributed by atoms with E-state index in [0.717, 1.165) is 22.9 Å². The minimum absolute atomic E-state index is 0.245. The first-order valence-corrected chi connectivity index (χ1v) is 5.08. The van der Waals surface area contributed by atoms with Crippen LogP contribution in [0.1, 0.15) is 18.4 Å². The van der Waals surface area contributed by atoms with Crippen LogP contribution in [0.5, 0.6) is 5.75 Å². The molecule has 0 N–H and O–H groups in total. The number of aryl methyl sites for hydroxylation is 1. The van der Waals surface area contributed by atoms with Gasteiger partial charge in [0, 0.05) is 4.47 Å². The van der Waals surface area contributed by atoms with Crippen LogP contribution < -0.4 is 4.74 Å². The molecule has 1 nitrogen and oxygen atoms in total. The van der Waals surface area contributed by atoms with Crippen LogP contribution >= 0.6 is 15.9 Å². The van der Waals surface area contributed by atoms with E-state index < -0.39 is 0 Å². The summed E-state index contributed by atoms with van der Waals surface area (Å²) in [6.45, 7) is 1.85. The average molecular weight is 245 g/mol. The van der Waals surface area contributed by atoms with Gasteiger partial charge in [-0.15, -0.1) is 0 Å². The molecule has 0 bridgehead atoms. The van der Waals surface area contributed by atoms with Crippen molar-refractivity contribution in [2.24, 2.45) is 0 Å². The highest BCUT2D eigenvalue weighted by molar-refractivity contribution is 9.10. The zero-order valence-corrected chi connectivity index (χ0v) is 8.90. The van der Waals surface area contributed by atoms with Crippen LogP contribution in [-0.4, -0.2) is 6.10 Å². The lowest BCUT2D eigenvalue weighted by atomic mass is 10.2. The standard InChI is InChI=1S/C10H10BrFO/c1-6-4-7(11)5-9(12)10(6)13-8-2-3-8/h4-5,8H,2-3H2,1H3. The molecule has 1 saturated carbocycles. The molecule has 0 amide bonds. The van der Waals surface area contributed by atoms with E-state index in [1.165, 1.54) is 6.07 Å². The van der Waals surface area contributed by atoms with Crippen molar-refractivity contribution < 1.29 is 9.13 Å². The normalized spacial score (nSPS) is 15.9. The summed E-state index contributed by atoms with van der Waals surface area (Å²) in [6.07, 6.45) is 2.35. The Morgan fingerprint density at radius 1 is 1.46 bits per heavy atom. The van der Waals surface area contributed by atoms with Gasteiger partial charge in [-0.25, -0.2) is 4.39 Å². The van der Waals surface area contributed by atoms with E-state index in [-0.39, 0.29) is 11.9 Å². The van der Waals surface area contributed by atoms with Gasteiger partial charge in [0.15, 0.2) is 11.6 Å². The van der Waals surface area contributed by atoms with Gasteiger partial charge in [-0.05, 0) is 37.5 Å². The predicted molar refractivity (Wildman–Crippen MR) is 52.5 cm³/mol. The van der Waals surface area contributed by atoms with E-state index in [1.807, 2.05) is 13.0 Å². The van der Waals surface area contributed by atoms with Crippen molar-refractivity contribution in [1.29, 1.82) is 0 Å². The Kier molecular flexibility index (Phi) is 2.28. The van der Waals surface area contributed by atoms with Gasteiger partial charge in [-0.3, -0.25) is 0 Å². The second-order valence-corrected chi connectivity index (χ2v) is 4.27. The van der Waals surface area contributed by atoms with Crippen molar-refractivity contribution in [3.8, 4) is 5.75 Å². The first kappa shape index (κ1) is 9.00. The summed E-state index contributed by atoms with van der Waals surface area (Å²) in [4.78, 5) is 0. The van der Waals surface area contributed by atoms with Gasteiger partial charge in [0.05, 0.1) is 6.10 Å². The van der Waals surface area contributed by atoms with Gasteiger partial charge >= 0.3 is 0 Å². The van der Waals surface area contributed by atoms with Crippen molar-refractivity contribution in [3.63, 3.8) is 0 Å². The molecule has 0 unspecified atom stereocenters. The molecule has 70 valence electrons. The summed E-state index contributed by atoms with van der Waals surface area (Å²) < 4.78 is 19.5. The smallest absolute Gasteiger partial charge is 0.166 e. The third-order valence-electron chi connectivity index (χ3n) is 2.00. The fourth-order valence-electron chi connectivity index (χ4n) is 1.19. The molecular formula is C10H10BrFO. The number of hydrogen-bond acceptors (Lipinski definition) is 1. The highest BCUT2D eigenvalue weighted by atomic mass is 79.9. The Morgan fingerprint density at radius 3 is 2.69 bits per heavy atom. The van der Waals surface area contributed by atoms with Gasteiger partial charge in [0.2, 0.25) is 0 Å². The molecular weight excluding hydrogens is 235 g/mol. The van der Waals surface area contributed by atoms with Gasteiger partial charge in [-0.1, -0.05) is 15.9 Å². The minimum Gasteiger partial charge on any atom is -0.487 e. The molecule has 1 aliphatic carbocycles. The lowest BCUT2D eigenvalue weighted by Crippen LogP contribution is -2.00. The molecule has 1 aromatic carbocycles. The first-order chi connectivity index (χ1) is 6.16. The Hall–Kier alpha value is -0.570. The molecule has 0 saturated heterocycles. The topological polar surface area (TPSA) is 9.23 Å². The van der Waals surface area contributed by atoms with Crippen LogP contribution in [0.4, 0.5) is 4.39 Å². The highest BCUT2D eigenvalue weighted by Crippen LogP contribution is 2.32. The summed E-state index contributed by atoms with van der Waals surface area (Å²) in [6, 6.07) is 3.30. The molecule has 1 fully saturated rings. The van der Waals surface area contributed by atoms with Gasteiger partial charge in [-0.2, -0.15) is 0 Å². The van der Waals surface area contributed by atoms with Crippen LogP contribution in [0.3, 0.4) is 0 Å². The Morgan fingerprint density at radius 2 is 2.15 bits per heavy atom. The first-order valence-electron chi connectivity index (χ1n) is 4.29. The maximum Gasteiger partial charge on any atom is 0.166 e. The maximum absolute atomic E-state index is 13.3. The lowest BCUT2D eigenvalue weighted by molar-refractivity contribution is 0.285. The summed E-state index contributed by atoms with van der Waals surface area (Å²) in [5.74, 6) is 0.129. The summed E-state index contributed by atoms with van der Waals surface area (Å²) in [5.41, 5.74) is 0.846. The molecule has 0 spiro atoms. The average Bonchev–Trinajstić information content (AvgIpc) is 2.79. The fourth-order valence-corrected chi connectivity index (χ4v) is 1.74. The summed E-state index contributed by atoms with van der Waals surface area (Å²) >= 11 is 3.23. The van der Waals surface area contributed by atoms with E-state index in [9.17, 15) is 4.39 Å². The fraction of sp³-hybridized carbons (Fsp3) is 0.400. The Labute approximate surface area is 85.0 Å². The van der Waals surface area contributed by atoms with E-state index in [1.54, 1.807) is 0 Å². The van der Waals surface area contributed by atoms with Crippen LogP contribution in [0.2, 0.25) is 0 Å². The maximum atomic E-state index is 13.3. The quantitative estimate of drug-likeness (QED) is 0.775. The Bertz CT molecular complexity index is 311. The largest absolute Gasteiger partial charge is 0.487 e. The van der Waals surface area contributed by atoms with Crippen LogP contribution in [0, 0.1) is 12.7 Å². The van der Waals surface area contributed by atoms with E-state index >= 15 is 0 Å². The molecule has 0 radical (unpaired) electrons. The SMILES string of the molecule is Cc1cc(Br)cc(F)c1OC1CC1. The number of rotatable bonds is 2. The lowest BCUT2D eigenvalue weighted by Gasteiger charge is -2.09. The van der Waals surface area contributed by atoms with E-state index in [2.05, 4.69) is 15.9 Å². The summed E-state index contributed by atoms with van der Waals surface area (Å²) in [7, 11) is 0. The number of hydrogen-bond donors (Lipinski definition) is 0.